The average Bonchev–Trinajstić information content (AvgIpc) is 3.18. The molecule has 0 amide bonds. The van der Waals surface area contributed by atoms with Crippen molar-refractivity contribution in [1.82, 2.24) is 19.8 Å². The molecule has 0 radical (unpaired) electrons. The van der Waals surface area contributed by atoms with Crippen LogP contribution in [0.3, 0.4) is 0 Å². The van der Waals surface area contributed by atoms with Crippen molar-refractivity contribution in [3.05, 3.63) is 48.0 Å². The number of rotatable bonds is 7. The summed E-state index contributed by atoms with van der Waals surface area (Å²) in [6, 6.07) is 9.26. The van der Waals surface area contributed by atoms with E-state index in [9.17, 15) is 0 Å². The Bertz CT molecular complexity index is 718. The number of nitrogens with one attached hydrogen (secondary N) is 1. The molecule has 2 aromatic rings. The lowest BCUT2D eigenvalue weighted by Crippen LogP contribution is -2.36. The fourth-order valence-corrected chi connectivity index (χ4v) is 4.40. The topological polar surface area (TPSA) is 42.3 Å². The van der Waals surface area contributed by atoms with Crippen LogP contribution in [0.5, 0.6) is 5.75 Å². The Morgan fingerprint density at radius 3 is 2.65 bits per heavy atom. The van der Waals surface area contributed by atoms with Gasteiger partial charge in [-0.25, -0.2) is 4.98 Å². The van der Waals surface area contributed by atoms with Gasteiger partial charge in [0.2, 0.25) is 0 Å². The summed E-state index contributed by atoms with van der Waals surface area (Å²) in [5.41, 5.74) is 1.88. The summed E-state index contributed by atoms with van der Waals surface area (Å²) in [6.45, 7) is 6.94. The Morgan fingerprint density at radius 1 is 1.23 bits per heavy atom. The first-order valence-electron chi connectivity index (χ1n) is 9.83. The Labute approximate surface area is 156 Å². The molecule has 2 heterocycles. The molecule has 26 heavy (non-hydrogen) atoms. The maximum Gasteiger partial charge on any atom is 0.122 e. The molecule has 4 rings (SSSR count). The summed E-state index contributed by atoms with van der Waals surface area (Å²) in [5, 5.41) is 3.51. The van der Waals surface area contributed by atoms with E-state index in [0.717, 1.165) is 37.8 Å². The van der Waals surface area contributed by atoms with E-state index in [1.54, 1.807) is 0 Å². The first kappa shape index (κ1) is 17.6. The van der Waals surface area contributed by atoms with Gasteiger partial charge in [-0.1, -0.05) is 12.1 Å². The molecule has 1 N–H and O–H groups in total. The highest BCUT2D eigenvalue weighted by Gasteiger charge is 2.56. The van der Waals surface area contributed by atoms with Gasteiger partial charge in [-0.15, -0.1) is 0 Å². The Hall–Kier alpha value is -1.85. The number of aryl methyl sites for hydroxylation is 1. The number of nitrogens with zero attached hydrogens (tertiary/aromatic N) is 3. The normalized spacial score (nSPS) is 21.3. The van der Waals surface area contributed by atoms with Crippen LogP contribution in [0, 0.1) is 5.41 Å². The van der Waals surface area contributed by atoms with E-state index in [1.807, 2.05) is 19.3 Å². The van der Waals surface area contributed by atoms with Crippen molar-refractivity contribution < 1.29 is 4.74 Å². The van der Waals surface area contributed by atoms with Crippen molar-refractivity contribution in [2.75, 3.05) is 19.7 Å². The lowest BCUT2D eigenvalue weighted by molar-refractivity contribution is 0.182. The number of piperidine rings is 1. The molecule has 2 aliphatic rings. The fraction of sp³-hybridized carbons (Fsp3) is 0.571. The van der Waals surface area contributed by atoms with Crippen LogP contribution in [0.15, 0.2) is 36.7 Å². The van der Waals surface area contributed by atoms with Crippen molar-refractivity contribution in [3.8, 4) is 5.75 Å². The SMILES string of the molecule is CCOc1ccc(CN(Cc2nccn2C)[C@@H]2CC23CCNCC3)cc1. The third-order valence-corrected chi connectivity index (χ3v) is 6.07. The second-order valence-corrected chi connectivity index (χ2v) is 7.77. The highest BCUT2D eigenvalue weighted by atomic mass is 16.5. The predicted octanol–water partition coefficient (Wildman–Crippen LogP) is 2.96. The zero-order chi connectivity index (χ0) is 18.0. The van der Waals surface area contributed by atoms with Crippen molar-refractivity contribution in [3.63, 3.8) is 0 Å². The lowest BCUT2D eigenvalue weighted by Gasteiger charge is -2.29. The lowest BCUT2D eigenvalue weighted by atomic mass is 9.93. The van der Waals surface area contributed by atoms with Gasteiger partial charge in [0.05, 0.1) is 13.2 Å². The molecule has 5 heteroatoms. The zero-order valence-corrected chi connectivity index (χ0v) is 15.9. The number of imidazole rings is 1. The summed E-state index contributed by atoms with van der Waals surface area (Å²) in [5.74, 6) is 2.10. The van der Waals surface area contributed by atoms with E-state index in [0.29, 0.717) is 18.1 Å². The third kappa shape index (κ3) is 3.64. The molecular weight excluding hydrogens is 324 g/mol. The maximum atomic E-state index is 5.58. The van der Waals surface area contributed by atoms with Crippen LogP contribution in [0.2, 0.25) is 0 Å². The number of ether oxygens (including phenoxy) is 1. The minimum atomic E-state index is 0.529. The quantitative estimate of drug-likeness (QED) is 0.830. The van der Waals surface area contributed by atoms with Crippen molar-refractivity contribution in [1.29, 1.82) is 0 Å². The Morgan fingerprint density at radius 2 is 2.00 bits per heavy atom. The molecule has 1 aliphatic heterocycles. The number of hydrogen-bond acceptors (Lipinski definition) is 4. The molecule has 1 aromatic carbocycles. The third-order valence-electron chi connectivity index (χ3n) is 6.07. The molecule has 1 saturated heterocycles. The van der Waals surface area contributed by atoms with Gasteiger partial charge < -0.3 is 14.6 Å². The fourth-order valence-electron chi connectivity index (χ4n) is 4.40. The molecule has 5 nitrogen and oxygen atoms in total. The monoisotopic (exact) mass is 354 g/mol. The van der Waals surface area contributed by atoms with Gasteiger partial charge in [-0.2, -0.15) is 0 Å². The Kier molecular flexibility index (Phi) is 5.00. The molecule has 140 valence electrons. The van der Waals surface area contributed by atoms with Gasteiger partial charge in [0.15, 0.2) is 0 Å². The van der Waals surface area contributed by atoms with E-state index in [-0.39, 0.29) is 0 Å². The van der Waals surface area contributed by atoms with Crippen molar-refractivity contribution in [2.24, 2.45) is 12.5 Å². The number of benzene rings is 1. The summed E-state index contributed by atoms with van der Waals surface area (Å²) < 4.78 is 7.72. The van der Waals surface area contributed by atoms with E-state index in [1.165, 1.54) is 24.8 Å². The largest absolute Gasteiger partial charge is 0.494 e. The van der Waals surface area contributed by atoms with Gasteiger partial charge >= 0.3 is 0 Å². The predicted molar refractivity (Wildman–Crippen MR) is 103 cm³/mol. The van der Waals surface area contributed by atoms with Crippen LogP contribution in [-0.2, 0) is 20.1 Å². The minimum Gasteiger partial charge on any atom is -0.494 e. The van der Waals surface area contributed by atoms with Crippen LogP contribution in [0.25, 0.3) is 0 Å². The van der Waals surface area contributed by atoms with Gasteiger partial charge in [0.25, 0.3) is 0 Å². The van der Waals surface area contributed by atoms with E-state index in [4.69, 9.17) is 4.74 Å². The van der Waals surface area contributed by atoms with Crippen LogP contribution >= 0.6 is 0 Å². The average molecular weight is 354 g/mol. The minimum absolute atomic E-state index is 0.529. The van der Waals surface area contributed by atoms with Gasteiger partial charge in [0, 0.05) is 32.0 Å². The summed E-state index contributed by atoms with van der Waals surface area (Å²) in [6.07, 6.45) is 7.88. The molecule has 1 saturated carbocycles. The van der Waals surface area contributed by atoms with Gasteiger partial charge in [0.1, 0.15) is 11.6 Å². The molecule has 1 spiro atoms. The van der Waals surface area contributed by atoms with Gasteiger partial charge in [-0.3, -0.25) is 4.90 Å². The van der Waals surface area contributed by atoms with Crippen molar-refractivity contribution in [2.45, 2.75) is 45.3 Å². The standard InChI is InChI=1S/C21H30N4O/c1-3-26-18-6-4-17(5-7-18)15-25(16-20-23-12-13-24(20)2)19-14-21(19)8-10-22-11-9-21/h4-7,12-13,19,22H,3,8-11,14-16H2,1-2H3/t19-/m1/s1. The first-order valence-corrected chi connectivity index (χ1v) is 9.83. The highest BCUT2D eigenvalue weighted by molar-refractivity contribution is 5.27. The van der Waals surface area contributed by atoms with E-state index < -0.39 is 0 Å². The second-order valence-electron chi connectivity index (χ2n) is 7.77. The van der Waals surface area contributed by atoms with Gasteiger partial charge in [-0.05, 0) is 62.4 Å². The highest BCUT2D eigenvalue weighted by Crippen LogP contribution is 2.56. The first-order chi connectivity index (χ1) is 12.7. The van der Waals surface area contributed by atoms with Crippen LogP contribution in [0.4, 0.5) is 0 Å². The van der Waals surface area contributed by atoms with E-state index in [2.05, 4.69) is 51.1 Å². The molecule has 0 unspecified atom stereocenters. The van der Waals surface area contributed by atoms with Crippen LogP contribution in [0.1, 0.15) is 37.6 Å². The zero-order valence-electron chi connectivity index (χ0n) is 15.9. The summed E-state index contributed by atoms with van der Waals surface area (Å²) in [7, 11) is 2.09. The summed E-state index contributed by atoms with van der Waals surface area (Å²) in [4.78, 5) is 7.21. The molecule has 0 bridgehead atoms. The second kappa shape index (κ2) is 7.41. The van der Waals surface area contributed by atoms with E-state index >= 15 is 0 Å². The number of hydrogen-bond donors (Lipinski definition) is 1. The molecule has 1 atom stereocenters. The van der Waals surface area contributed by atoms with Crippen LogP contribution < -0.4 is 10.1 Å². The smallest absolute Gasteiger partial charge is 0.122 e. The Balaban J connectivity index is 1.50. The number of aromatic nitrogens is 2. The molecule has 1 aromatic heterocycles. The molecule has 1 aliphatic carbocycles. The maximum absolute atomic E-state index is 5.58. The van der Waals surface area contributed by atoms with Crippen molar-refractivity contribution >= 4 is 0 Å². The summed E-state index contributed by atoms with van der Waals surface area (Å²) >= 11 is 0. The van der Waals surface area contributed by atoms with Crippen LogP contribution in [-0.4, -0.2) is 40.2 Å². The molecular formula is C21H30N4O. The molecule has 2 fully saturated rings.